The number of halogens is 6. The van der Waals surface area contributed by atoms with Crippen LogP contribution in [0.5, 0.6) is 0 Å². The molecule has 0 fully saturated rings. The van der Waals surface area contributed by atoms with E-state index in [1.807, 2.05) is 24.3 Å². The van der Waals surface area contributed by atoms with Crippen molar-refractivity contribution in [2.24, 2.45) is 0 Å². The number of hydrogen-bond acceptors (Lipinski definition) is 4. The SMILES string of the molecule is O=C1C(Br)=CC(Br)=C/C1=C/Nc1ccc(Cl)cc1.O=C1C(Br)=CC(Br)=C/C1=C/Nc1ccc(Cl)cc1.[Co]. The second kappa shape index (κ2) is 15.4. The van der Waals surface area contributed by atoms with E-state index in [0.717, 1.165) is 20.3 Å². The van der Waals surface area contributed by atoms with Crippen molar-refractivity contribution < 1.29 is 26.4 Å². The molecule has 0 saturated heterocycles. The number of Topliss-reactive ketones (excluding diaryl/α,β-unsaturated/α-hetero) is 2. The number of allylic oxidation sites excluding steroid dienone is 10. The first kappa shape index (κ1) is 32.0. The summed E-state index contributed by atoms with van der Waals surface area (Å²) in [5, 5.41) is 7.47. The van der Waals surface area contributed by atoms with Crippen molar-refractivity contribution in [3.63, 3.8) is 0 Å². The summed E-state index contributed by atoms with van der Waals surface area (Å²) in [6.07, 6.45) is 10.3. The quantitative estimate of drug-likeness (QED) is 0.302. The van der Waals surface area contributed by atoms with Crippen LogP contribution in [-0.2, 0) is 26.4 Å². The molecule has 0 bridgehead atoms. The third kappa shape index (κ3) is 10.1. The van der Waals surface area contributed by atoms with Crippen LogP contribution in [0.2, 0.25) is 10.0 Å². The Bertz CT molecular complexity index is 1260. The van der Waals surface area contributed by atoms with Gasteiger partial charge in [0, 0.05) is 70.7 Å². The first-order chi connectivity index (χ1) is 17.1. The molecular formula is C26H16Br4Cl2CoN2O2. The number of hydrogen-bond donors (Lipinski definition) is 2. The molecule has 0 saturated carbocycles. The van der Waals surface area contributed by atoms with Gasteiger partial charge in [0.1, 0.15) is 0 Å². The summed E-state index contributed by atoms with van der Waals surface area (Å²) < 4.78 is 2.75. The predicted molar refractivity (Wildman–Crippen MR) is 164 cm³/mol. The van der Waals surface area contributed by atoms with E-state index in [-0.39, 0.29) is 28.3 Å². The monoisotopic (exact) mass is 833 g/mol. The molecule has 37 heavy (non-hydrogen) atoms. The number of anilines is 2. The summed E-state index contributed by atoms with van der Waals surface area (Å²) in [6, 6.07) is 14.5. The first-order valence-corrected chi connectivity index (χ1v) is 14.1. The average molecular weight is 838 g/mol. The third-order valence-corrected chi connectivity index (χ3v) is 7.15. The van der Waals surface area contributed by atoms with Crippen LogP contribution in [0.15, 0.2) is 114 Å². The molecule has 1 radical (unpaired) electrons. The molecule has 2 aliphatic rings. The van der Waals surface area contributed by atoms with Crippen LogP contribution < -0.4 is 10.6 Å². The maximum Gasteiger partial charge on any atom is 0.201 e. The first-order valence-electron chi connectivity index (χ1n) is 10.1. The largest absolute Gasteiger partial charge is 0.361 e. The van der Waals surface area contributed by atoms with E-state index in [1.165, 1.54) is 0 Å². The van der Waals surface area contributed by atoms with Crippen LogP contribution in [0.1, 0.15) is 0 Å². The number of benzene rings is 2. The molecule has 193 valence electrons. The second-order valence-electron chi connectivity index (χ2n) is 7.20. The van der Waals surface area contributed by atoms with Gasteiger partial charge in [-0.3, -0.25) is 9.59 Å². The normalized spacial score (nSPS) is 17.0. The Balaban J connectivity index is 0.000000253. The molecule has 2 aliphatic carbocycles. The van der Waals surface area contributed by atoms with Gasteiger partial charge in [-0.25, -0.2) is 0 Å². The zero-order valence-corrected chi connectivity index (χ0v) is 27.4. The van der Waals surface area contributed by atoms with Gasteiger partial charge in [-0.15, -0.1) is 0 Å². The van der Waals surface area contributed by atoms with Gasteiger partial charge in [0.2, 0.25) is 11.6 Å². The molecule has 0 atom stereocenters. The van der Waals surface area contributed by atoms with Gasteiger partial charge >= 0.3 is 0 Å². The summed E-state index contributed by atoms with van der Waals surface area (Å²) in [7, 11) is 0. The Morgan fingerprint density at radius 1 is 0.568 bits per heavy atom. The maximum absolute atomic E-state index is 11.8. The van der Waals surface area contributed by atoms with Gasteiger partial charge in [-0.2, -0.15) is 0 Å². The van der Waals surface area contributed by atoms with Gasteiger partial charge in [0.15, 0.2) is 0 Å². The number of nitrogens with one attached hydrogen (secondary N) is 2. The number of ketones is 2. The summed E-state index contributed by atoms with van der Waals surface area (Å²) in [5.74, 6) is -0.112. The van der Waals surface area contributed by atoms with Crippen LogP contribution in [0.25, 0.3) is 0 Å². The Hall–Kier alpha value is -1.17. The molecule has 0 aliphatic heterocycles. The Kier molecular flexibility index (Phi) is 13.4. The van der Waals surface area contributed by atoms with Crippen molar-refractivity contribution in [3.8, 4) is 0 Å². The van der Waals surface area contributed by atoms with Crippen LogP contribution in [0.3, 0.4) is 0 Å². The van der Waals surface area contributed by atoms with E-state index in [1.54, 1.807) is 61.0 Å². The zero-order chi connectivity index (χ0) is 26.2. The topological polar surface area (TPSA) is 58.2 Å². The number of carbonyl (C=O) groups excluding carboxylic acids is 2. The molecule has 0 spiro atoms. The Labute approximate surface area is 268 Å². The van der Waals surface area contributed by atoms with Crippen LogP contribution in [0, 0.1) is 0 Å². The van der Waals surface area contributed by atoms with E-state index >= 15 is 0 Å². The molecule has 2 N–H and O–H groups in total. The van der Waals surface area contributed by atoms with E-state index in [4.69, 9.17) is 23.2 Å². The fourth-order valence-corrected chi connectivity index (χ4v) is 5.56. The van der Waals surface area contributed by atoms with Crippen LogP contribution in [-0.4, -0.2) is 11.6 Å². The molecule has 2 aromatic carbocycles. The minimum absolute atomic E-state index is 0. The summed E-state index contributed by atoms with van der Waals surface area (Å²) in [6.45, 7) is 0. The van der Waals surface area contributed by atoms with Crippen molar-refractivity contribution in [2.45, 2.75) is 0 Å². The molecule has 0 heterocycles. The zero-order valence-electron chi connectivity index (χ0n) is 18.5. The predicted octanol–water partition coefficient (Wildman–Crippen LogP) is 9.55. The molecule has 0 amide bonds. The van der Waals surface area contributed by atoms with Gasteiger partial charge in [0.25, 0.3) is 0 Å². The second-order valence-corrected chi connectivity index (χ2v) is 11.6. The van der Waals surface area contributed by atoms with Crippen molar-refractivity contribution >= 4 is 110 Å². The van der Waals surface area contributed by atoms with E-state index in [2.05, 4.69) is 74.4 Å². The molecule has 0 aromatic heterocycles. The molecule has 11 heteroatoms. The molecule has 0 unspecified atom stereocenters. The molecule has 4 nitrogen and oxygen atoms in total. The van der Waals surface area contributed by atoms with Crippen molar-refractivity contribution in [1.29, 1.82) is 0 Å². The minimum Gasteiger partial charge on any atom is -0.361 e. The molecular weight excluding hydrogens is 822 g/mol. The Morgan fingerprint density at radius 2 is 0.892 bits per heavy atom. The van der Waals surface area contributed by atoms with Gasteiger partial charge in [-0.1, -0.05) is 55.1 Å². The average Bonchev–Trinajstić information content (AvgIpc) is 2.84. The minimum atomic E-state index is -0.0559. The van der Waals surface area contributed by atoms with Crippen LogP contribution in [0.4, 0.5) is 11.4 Å². The number of rotatable bonds is 4. The maximum atomic E-state index is 11.8. The van der Waals surface area contributed by atoms with Gasteiger partial charge in [-0.05, 0) is 105 Å². The number of carbonyl (C=O) groups is 2. The van der Waals surface area contributed by atoms with Crippen molar-refractivity contribution in [3.05, 3.63) is 124 Å². The summed E-state index contributed by atoms with van der Waals surface area (Å²) >= 11 is 24.7. The van der Waals surface area contributed by atoms with Crippen molar-refractivity contribution in [1.82, 2.24) is 0 Å². The van der Waals surface area contributed by atoms with Crippen LogP contribution >= 0.6 is 86.9 Å². The summed E-state index contributed by atoms with van der Waals surface area (Å²) in [5.41, 5.74) is 2.89. The fourth-order valence-electron chi connectivity index (χ4n) is 2.79. The van der Waals surface area contributed by atoms with E-state index in [0.29, 0.717) is 30.2 Å². The van der Waals surface area contributed by atoms with Crippen molar-refractivity contribution in [2.75, 3.05) is 10.6 Å². The summed E-state index contributed by atoms with van der Waals surface area (Å²) in [4.78, 5) is 23.7. The molecule has 2 aromatic rings. The third-order valence-electron chi connectivity index (χ3n) is 4.55. The molecule has 4 rings (SSSR count). The smallest absolute Gasteiger partial charge is 0.201 e. The van der Waals surface area contributed by atoms with Gasteiger partial charge in [0.05, 0.1) is 8.96 Å². The van der Waals surface area contributed by atoms with Gasteiger partial charge < -0.3 is 10.6 Å². The fraction of sp³-hybridized carbons (Fsp3) is 0. The standard InChI is InChI=1S/2C13H8Br2ClNO.Co/c2*14-9-5-8(13(18)12(15)6-9)7-17-11-3-1-10(16)2-4-11;/h2*1-7,17H;/b2*8-7-;. The van der Waals surface area contributed by atoms with E-state index < -0.39 is 0 Å². The van der Waals surface area contributed by atoms with E-state index in [9.17, 15) is 9.59 Å². The Morgan fingerprint density at radius 3 is 1.22 bits per heavy atom.